The van der Waals surface area contributed by atoms with Gasteiger partial charge in [0.2, 0.25) is 0 Å². The van der Waals surface area contributed by atoms with Crippen LogP contribution in [0.4, 0.5) is 0 Å². The van der Waals surface area contributed by atoms with Crippen molar-refractivity contribution in [1.29, 1.82) is 0 Å². The van der Waals surface area contributed by atoms with Gasteiger partial charge in [0, 0.05) is 0 Å². The van der Waals surface area contributed by atoms with Crippen molar-refractivity contribution < 1.29 is 9.90 Å². The highest BCUT2D eigenvalue weighted by Gasteiger charge is 2.30. The lowest BCUT2D eigenvalue weighted by Gasteiger charge is -2.35. The van der Waals surface area contributed by atoms with Crippen molar-refractivity contribution >= 4 is 5.78 Å². The molecule has 0 saturated heterocycles. The Morgan fingerprint density at radius 3 is 2.67 bits per heavy atom. The number of aliphatic hydroxyl groups excluding tert-OH is 1. The SMILES string of the molecule is CC(=O)/C=C/C1=C(C)[C@H](O)CCC1(C)C. The molecule has 0 unspecified atom stereocenters. The zero-order chi connectivity index (χ0) is 11.6. The molecule has 2 nitrogen and oxygen atoms in total. The largest absolute Gasteiger partial charge is 0.389 e. The maximum Gasteiger partial charge on any atom is 0.152 e. The van der Waals surface area contributed by atoms with Crippen LogP contribution in [0, 0.1) is 5.41 Å². The van der Waals surface area contributed by atoms with Crippen molar-refractivity contribution in [2.24, 2.45) is 5.41 Å². The van der Waals surface area contributed by atoms with E-state index in [2.05, 4.69) is 13.8 Å². The molecule has 0 aromatic heterocycles. The van der Waals surface area contributed by atoms with Crippen molar-refractivity contribution in [2.45, 2.75) is 46.6 Å². The average Bonchev–Trinajstić information content (AvgIpc) is 2.11. The first-order valence-electron chi connectivity index (χ1n) is 5.42. The van der Waals surface area contributed by atoms with E-state index < -0.39 is 0 Å². The third-order valence-corrected chi connectivity index (χ3v) is 3.18. The van der Waals surface area contributed by atoms with Gasteiger partial charge in [-0.1, -0.05) is 19.9 Å². The fourth-order valence-electron chi connectivity index (χ4n) is 2.12. The highest BCUT2D eigenvalue weighted by molar-refractivity contribution is 5.87. The van der Waals surface area contributed by atoms with Crippen molar-refractivity contribution in [1.82, 2.24) is 0 Å². The Labute approximate surface area is 91.7 Å². The van der Waals surface area contributed by atoms with Gasteiger partial charge >= 0.3 is 0 Å². The Hall–Kier alpha value is -0.890. The zero-order valence-corrected chi connectivity index (χ0v) is 10.0. The second-order valence-electron chi connectivity index (χ2n) is 4.98. The van der Waals surface area contributed by atoms with Gasteiger partial charge in [-0.15, -0.1) is 0 Å². The molecule has 0 amide bonds. The second kappa shape index (κ2) is 4.31. The van der Waals surface area contributed by atoms with Crippen molar-refractivity contribution in [3.8, 4) is 0 Å². The van der Waals surface area contributed by atoms with Crippen LogP contribution in [0.15, 0.2) is 23.3 Å². The Kier molecular flexibility index (Phi) is 3.50. The highest BCUT2D eigenvalue weighted by atomic mass is 16.3. The molecule has 0 radical (unpaired) electrons. The van der Waals surface area contributed by atoms with Gasteiger partial charge in [0.25, 0.3) is 0 Å². The fraction of sp³-hybridized carbons (Fsp3) is 0.615. The van der Waals surface area contributed by atoms with Gasteiger partial charge in [0.1, 0.15) is 0 Å². The second-order valence-corrected chi connectivity index (χ2v) is 4.98. The van der Waals surface area contributed by atoms with Crippen LogP contribution < -0.4 is 0 Å². The van der Waals surface area contributed by atoms with E-state index in [-0.39, 0.29) is 17.3 Å². The van der Waals surface area contributed by atoms with Crippen LogP contribution in [0.1, 0.15) is 40.5 Å². The van der Waals surface area contributed by atoms with E-state index in [0.29, 0.717) is 0 Å². The average molecular weight is 208 g/mol. The van der Waals surface area contributed by atoms with Crippen LogP contribution in [0.5, 0.6) is 0 Å². The first-order valence-corrected chi connectivity index (χ1v) is 5.42. The fourth-order valence-corrected chi connectivity index (χ4v) is 2.12. The van der Waals surface area contributed by atoms with Gasteiger partial charge in [-0.25, -0.2) is 0 Å². The van der Waals surface area contributed by atoms with Gasteiger partial charge < -0.3 is 5.11 Å². The lowest BCUT2D eigenvalue weighted by atomic mass is 9.71. The summed E-state index contributed by atoms with van der Waals surface area (Å²) in [6.07, 6.45) is 4.88. The third kappa shape index (κ3) is 2.78. The minimum atomic E-state index is -0.343. The van der Waals surface area contributed by atoms with Crippen LogP contribution in [0.25, 0.3) is 0 Å². The summed E-state index contributed by atoms with van der Waals surface area (Å²) in [6, 6.07) is 0. The molecular weight excluding hydrogens is 188 g/mol. The number of aliphatic hydroxyl groups is 1. The molecule has 0 aliphatic heterocycles. The third-order valence-electron chi connectivity index (χ3n) is 3.18. The van der Waals surface area contributed by atoms with Crippen molar-refractivity contribution in [3.63, 3.8) is 0 Å². The predicted octanol–water partition coefficient (Wildman–Crippen LogP) is 2.63. The lowest BCUT2D eigenvalue weighted by molar-refractivity contribution is -0.112. The summed E-state index contributed by atoms with van der Waals surface area (Å²) >= 11 is 0. The standard InChI is InChI=1S/C13H20O2/c1-9(14)5-6-11-10(2)12(15)7-8-13(11,3)4/h5-6,12,15H,7-8H2,1-4H3/b6-5+/t12-/m1/s1. The molecule has 1 aliphatic carbocycles. The summed E-state index contributed by atoms with van der Waals surface area (Å²) in [5.41, 5.74) is 2.18. The number of carbonyl (C=O) groups is 1. The summed E-state index contributed by atoms with van der Waals surface area (Å²) in [7, 11) is 0. The number of hydrogen-bond acceptors (Lipinski definition) is 2. The minimum absolute atomic E-state index is 0.0474. The maximum absolute atomic E-state index is 10.9. The Morgan fingerprint density at radius 1 is 1.53 bits per heavy atom. The predicted molar refractivity (Wildman–Crippen MR) is 61.5 cm³/mol. The van der Waals surface area contributed by atoms with Crippen LogP contribution in [0.3, 0.4) is 0 Å². The van der Waals surface area contributed by atoms with E-state index >= 15 is 0 Å². The van der Waals surface area contributed by atoms with Gasteiger partial charge in [0.05, 0.1) is 6.10 Å². The monoisotopic (exact) mass is 208 g/mol. The lowest BCUT2D eigenvalue weighted by Crippen LogP contribution is -2.27. The van der Waals surface area contributed by atoms with Crippen molar-refractivity contribution in [3.05, 3.63) is 23.3 Å². The summed E-state index contributed by atoms with van der Waals surface area (Å²) in [5, 5.41) is 9.77. The minimum Gasteiger partial charge on any atom is -0.389 e. The molecule has 0 heterocycles. The zero-order valence-electron chi connectivity index (χ0n) is 10.0. The molecule has 0 aromatic carbocycles. The maximum atomic E-state index is 10.9. The molecule has 2 heteroatoms. The molecule has 0 saturated carbocycles. The molecular formula is C13H20O2. The quantitative estimate of drug-likeness (QED) is 0.708. The van der Waals surface area contributed by atoms with Gasteiger partial charge in [-0.2, -0.15) is 0 Å². The Bertz CT molecular complexity index is 321. The van der Waals surface area contributed by atoms with E-state index in [9.17, 15) is 9.90 Å². The molecule has 0 spiro atoms. The van der Waals surface area contributed by atoms with E-state index in [1.165, 1.54) is 0 Å². The van der Waals surface area contributed by atoms with Gasteiger partial charge in [-0.3, -0.25) is 4.79 Å². The molecule has 0 fully saturated rings. The number of hydrogen-bond donors (Lipinski definition) is 1. The molecule has 84 valence electrons. The van der Waals surface area contributed by atoms with E-state index in [4.69, 9.17) is 0 Å². The molecule has 1 N–H and O–H groups in total. The Morgan fingerprint density at radius 2 is 2.13 bits per heavy atom. The summed E-state index contributed by atoms with van der Waals surface area (Å²) in [6.45, 7) is 7.80. The molecule has 1 aliphatic rings. The van der Waals surface area contributed by atoms with Crippen LogP contribution in [0.2, 0.25) is 0 Å². The molecule has 1 rings (SSSR count). The summed E-state index contributed by atoms with van der Waals surface area (Å²) in [5.74, 6) is 0.0474. The first-order chi connectivity index (χ1) is 6.84. The number of rotatable bonds is 2. The molecule has 1 atom stereocenters. The van der Waals surface area contributed by atoms with Gasteiger partial charge in [-0.05, 0) is 49.3 Å². The number of ketones is 1. The van der Waals surface area contributed by atoms with E-state index in [0.717, 1.165) is 24.0 Å². The first kappa shape index (κ1) is 12.2. The smallest absolute Gasteiger partial charge is 0.152 e. The summed E-state index contributed by atoms with van der Waals surface area (Å²) in [4.78, 5) is 10.9. The van der Waals surface area contributed by atoms with E-state index in [1.54, 1.807) is 13.0 Å². The van der Waals surface area contributed by atoms with Gasteiger partial charge in [0.15, 0.2) is 5.78 Å². The Balaban J connectivity index is 3.07. The molecule has 0 bridgehead atoms. The highest BCUT2D eigenvalue weighted by Crippen LogP contribution is 2.40. The van der Waals surface area contributed by atoms with Crippen LogP contribution >= 0.6 is 0 Å². The summed E-state index contributed by atoms with van der Waals surface area (Å²) < 4.78 is 0. The van der Waals surface area contributed by atoms with E-state index in [1.807, 2.05) is 13.0 Å². The van der Waals surface area contributed by atoms with Crippen LogP contribution in [-0.4, -0.2) is 17.0 Å². The molecule has 15 heavy (non-hydrogen) atoms. The van der Waals surface area contributed by atoms with Crippen LogP contribution in [-0.2, 0) is 4.79 Å². The molecule has 0 aromatic rings. The van der Waals surface area contributed by atoms with Crippen molar-refractivity contribution in [2.75, 3.05) is 0 Å². The number of carbonyl (C=O) groups excluding carboxylic acids is 1. The topological polar surface area (TPSA) is 37.3 Å². The number of allylic oxidation sites excluding steroid dienone is 3. The normalized spacial score (nSPS) is 26.1.